The summed E-state index contributed by atoms with van der Waals surface area (Å²) >= 11 is 0. The number of nitrogens with zero attached hydrogens (tertiary/aromatic N) is 1. The fourth-order valence-corrected chi connectivity index (χ4v) is 3.59. The number of amides is 1. The largest absolute Gasteiger partial charge is 0.481 e. The molecule has 0 aromatic rings. The molecule has 4 nitrogen and oxygen atoms in total. The summed E-state index contributed by atoms with van der Waals surface area (Å²) in [6.07, 6.45) is 10.3. The molecule has 1 aliphatic carbocycles. The van der Waals surface area contributed by atoms with Crippen LogP contribution in [0.15, 0.2) is 0 Å². The lowest BCUT2D eigenvalue weighted by Crippen LogP contribution is -2.42. The third kappa shape index (κ3) is 3.74. The maximum absolute atomic E-state index is 12.5. The van der Waals surface area contributed by atoms with Crippen molar-refractivity contribution in [3.8, 4) is 0 Å². The number of likely N-dealkylation sites (tertiary alicyclic amines) is 1. The van der Waals surface area contributed by atoms with Gasteiger partial charge >= 0.3 is 5.97 Å². The van der Waals surface area contributed by atoms with E-state index in [0.717, 1.165) is 45.2 Å². The molecule has 1 aliphatic heterocycles. The molecule has 2 aliphatic rings. The van der Waals surface area contributed by atoms with E-state index >= 15 is 0 Å². The average molecular weight is 281 g/mol. The standard InChI is InChI=1S/C16H27NO3/c18-14(17-11-7-2-1-3-8-12-17)13-16(15(19)20)9-5-4-6-10-16/h1-13H2,(H,19,20). The average Bonchev–Trinajstić information content (AvgIpc) is 2.39. The van der Waals surface area contributed by atoms with Gasteiger partial charge in [0.15, 0.2) is 0 Å². The molecule has 0 radical (unpaired) electrons. The van der Waals surface area contributed by atoms with Crippen LogP contribution in [0.4, 0.5) is 0 Å². The van der Waals surface area contributed by atoms with Crippen LogP contribution in [0.2, 0.25) is 0 Å². The van der Waals surface area contributed by atoms with Gasteiger partial charge in [-0.05, 0) is 25.7 Å². The Morgan fingerprint density at radius 1 is 0.850 bits per heavy atom. The van der Waals surface area contributed by atoms with E-state index in [1.165, 1.54) is 19.3 Å². The van der Waals surface area contributed by atoms with Crippen molar-refractivity contribution in [2.24, 2.45) is 5.41 Å². The van der Waals surface area contributed by atoms with Crippen molar-refractivity contribution in [2.45, 2.75) is 70.6 Å². The van der Waals surface area contributed by atoms with Crippen molar-refractivity contribution in [1.82, 2.24) is 4.90 Å². The number of carbonyl (C=O) groups is 2. The lowest BCUT2D eigenvalue weighted by atomic mass is 9.71. The van der Waals surface area contributed by atoms with Crippen LogP contribution in [0, 0.1) is 5.41 Å². The Balaban J connectivity index is 1.98. The van der Waals surface area contributed by atoms with E-state index in [0.29, 0.717) is 12.8 Å². The molecule has 20 heavy (non-hydrogen) atoms. The molecular weight excluding hydrogens is 254 g/mol. The molecule has 0 atom stereocenters. The molecule has 0 bridgehead atoms. The number of carbonyl (C=O) groups excluding carboxylic acids is 1. The van der Waals surface area contributed by atoms with E-state index in [9.17, 15) is 14.7 Å². The van der Waals surface area contributed by atoms with Gasteiger partial charge in [0.1, 0.15) is 0 Å². The molecular formula is C16H27NO3. The molecule has 2 rings (SSSR count). The van der Waals surface area contributed by atoms with E-state index in [1.54, 1.807) is 0 Å². The Labute approximate surface area is 121 Å². The molecule has 1 saturated carbocycles. The summed E-state index contributed by atoms with van der Waals surface area (Å²) in [5.41, 5.74) is -0.780. The highest BCUT2D eigenvalue weighted by Gasteiger charge is 2.42. The second-order valence-electron chi connectivity index (χ2n) is 6.47. The zero-order valence-electron chi connectivity index (χ0n) is 12.4. The summed E-state index contributed by atoms with van der Waals surface area (Å²) in [4.78, 5) is 26.1. The molecule has 1 heterocycles. The van der Waals surface area contributed by atoms with Crippen LogP contribution in [0.5, 0.6) is 0 Å². The first-order chi connectivity index (χ1) is 9.64. The summed E-state index contributed by atoms with van der Waals surface area (Å²) < 4.78 is 0. The Bertz CT molecular complexity index is 340. The van der Waals surface area contributed by atoms with E-state index in [4.69, 9.17) is 0 Å². The van der Waals surface area contributed by atoms with Gasteiger partial charge in [0, 0.05) is 19.5 Å². The fourth-order valence-electron chi connectivity index (χ4n) is 3.59. The van der Waals surface area contributed by atoms with Crippen molar-refractivity contribution in [3.05, 3.63) is 0 Å². The molecule has 1 amide bonds. The molecule has 0 aromatic heterocycles. The van der Waals surface area contributed by atoms with Crippen LogP contribution in [-0.4, -0.2) is 35.0 Å². The summed E-state index contributed by atoms with van der Waals surface area (Å²) in [7, 11) is 0. The predicted octanol–water partition coefficient (Wildman–Crippen LogP) is 3.20. The zero-order valence-corrected chi connectivity index (χ0v) is 12.4. The van der Waals surface area contributed by atoms with Crippen molar-refractivity contribution < 1.29 is 14.7 Å². The monoisotopic (exact) mass is 281 g/mol. The van der Waals surface area contributed by atoms with Crippen molar-refractivity contribution in [3.63, 3.8) is 0 Å². The first-order valence-corrected chi connectivity index (χ1v) is 8.15. The van der Waals surface area contributed by atoms with Gasteiger partial charge in [-0.1, -0.05) is 38.5 Å². The Morgan fingerprint density at radius 3 is 1.90 bits per heavy atom. The normalized spacial score (nSPS) is 23.7. The SMILES string of the molecule is O=C(CC1(C(=O)O)CCCCC1)N1CCCCCCC1. The molecule has 1 N–H and O–H groups in total. The van der Waals surface area contributed by atoms with Gasteiger partial charge in [-0.25, -0.2) is 0 Å². The first kappa shape index (κ1) is 15.3. The lowest BCUT2D eigenvalue weighted by molar-refractivity contribution is -0.156. The second-order valence-corrected chi connectivity index (χ2v) is 6.47. The maximum atomic E-state index is 12.5. The summed E-state index contributed by atoms with van der Waals surface area (Å²) in [6, 6.07) is 0. The highest BCUT2D eigenvalue weighted by atomic mass is 16.4. The third-order valence-corrected chi connectivity index (χ3v) is 4.96. The summed E-state index contributed by atoms with van der Waals surface area (Å²) in [5, 5.41) is 9.57. The maximum Gasteiger partial charge on any atom is 0.310 e. The smallest absolute Gasteiger partial charge is 0.310 e. The minimum Gasteiger partial charge on any atom is -0.481 e. The van der Waals surface area contributed by atoms with Gasteiger partial charge in [-0.2, -0.15) is 0 Å². The van der Waals surface area contributed by atoms with Crippen molar-refractivity contribution >= 4 is 11.9 Å². The highest BCUT2D eigenvalue weighted by Crippen LogP contribution is 2.40. The minimum absolute atomic E-state index is 0.0659. The van der Waals surface area contributed by atoms with Crippen LogP contribution < -0.4 is 0 Å². The summed E-state index contributed by atoms with van der Waals surface area (Å²) in [5.74, 6) is -0.700. The van der Waals surface area contributed by atoms with Gasteiger partial charge in [0.05, 0.1) is 5.41 Å². The summed E-state index contributed by atoms with van der Waals surface area (Å²) in [6.45, 7) is 1.63. The minimum atomic E-state index is -0.780. The predicted molar refractivity (Wildman–Crippen MR) is 77.4 cm³/mol. The topological polar surface area (TPSA) is 57.6 Å². The lowest BCUT2D eigenvalue weighted by Gasteiger charge is -2.35. The van der Waals surface area contributed by atoms with Crippen LogP contribution in [0.25, 0.3) is 0 Å². The first-order valence-electron chi connectivity index (χ1n) is 8.15. The Hall–Kier alpha value is -1.06. The Morgan fingerprint density at radius 2 is 1.35 bits per heavy atom. The second kappa shape index (κ2) is 7.09. The van der Waals surface area contributed by atoms with E-state index in [2.05, 4.69) is 0 Å². The van der Waals surface area contributed by atoms with Crippen LogP contribution in [-0.2, 0) is 9.59 Å². The van der Waals surface area contributed by atoms with Gasteiger partial charge in [-0.3, -0.25) is 9.59 Å². The zero-order chi connectivity index (χ0) is 14.4. The fraction of sp³-hybridized carbons (Fsp3) is 0.875. The van der Waals surface area contributed by atoms with Crippen LogP contribution in [0.1, 0.15) is 70.6 Å². The van der Waals surface area contributed by atoms with E-state index in [-0.39, 0.29) is 12.3 Å². The number of carboxylic acids is 1. The quantitative estimate of drug-likeness (QED) is 0.864. The Kier molecular flexibility index (Phi) is 5.44. The van der Waals surface area contributed by atoms with E-state index in [1.807, 2.05) is 4.90 Å². The molecule has 2 fully saturated rings. The van der Waals surface area contributed by atoms with E-state index < -0.39 is 11.4 Å². The van der Waals surface area contributed by atoms with Crippen LogP contribution >= 0.6 is 0 Å². The molecule has 0 spiro atoms. The number of hydrogen-bond acceptors (Lipinski definition) is 2. The number of aliphatic carboxylic acids is 1. The van der Waals surface area contributed by atoms with Gasteiger partial charge < -0.3 is 10.0 Å². The number of hydrogen-bond donors (Lipinski definition) is 1. The van der Waals surface area contributed by atoms with Gasteiger partial charge in [0.2, 0.25) is 5.91 Å². The number of carboxylic acid groups (broad SMARTS) is 1. The molecule has 114 valence electrons. The molecule has 1 saturated heterocycles. The number of rotatable bonds is 3. The molecule has 0 aromatic carbocycles. The highest BCUT2D eigenvalue weighted by molar-refractivity contribution is 5.85. The molecule has 0 unspecified atom stereocenters. The molecule has 4 heteroatoms. The van der Waals surface area contributed by atoms with Crippen molar-refractivity contribution in [1.29, 1.82) is 0 Å². The van der Waals surface area contributed by atoms with Gasteiger partial charge in [0.25, 0.3) is 0 Å². The van der Waals surface area contributed by atoms with Crippen LogP contribution in [0.3, 0.4) is 0 Å². The van der Waals surface area contributed by atoms with Crippen molar-refractivity contribution in [2.75, 3.05) is 13.1 Å². The third-order valence-electron chi connectivity index (χ3n) is 4.96. The van der Waals surface area contributed by atoms with Gasteiger partial charge in [-0.15, -0.1) is 0 Å².